The maximum atomic E-state index is 11.0. The lowest BCUT2D eigenvalue weighted by Crippen LogP contribution is -2.10. The molecule has 0 aliphatic rings. The van der Waals surface area contributed by atoms with Crippen LogP contribution in [0.5, 0.6) is 0 Å². The van der Waals surface area contributed by atoms with Gasteiger partial charge in [-0.3, -0.25) is 23.7 Å². The molecule has 0 fully saturated rings. The maximum absolute atomic E-state index is 11.0. The van der Waals surface area contributed by atoms with Crippen molar-refractivity contribution in [2.45, 2.75) is 83.1 Å². The topological polar surface area (TPSA) is 211 Å². The summed E-state index contributed by atoms with van der Waals surface area (Å²) >= 11 is 0. The van der Waals surface area contributed by atoms with E-state index in [1.54, 1.807) is 13.0 Å². The van der Waals surface area contributed by atoms with Gasteiger partial charge in [-0.25, -0.2) is 24.9 Å². The number of para-hydroxylation sites is 3. The molecular weight excluding hydrogens is 731 g/mol. The van der Waals surface area contributed by atoms with Gasteiger partial charge in [-0.2, -0.15) is 8.42 Å². The molecular formula is C42H51N7O6S. The van der Waals surface area contributed by atoms with Crippen LogP contribution >= 0.6 is 0 Å². The molecule has 0 atom stereocenters. The third-order valence-corrected chi connectivity index (χ3v) is 8.06. The first kappa shape index (κ1) is 46.3. The number of Topliss-reactive ketones (excluding diaryl/α,β-unsaturated/α-hetero) is 2. The monoisotopic (exact) mass is 781 g/mol. The van der Waals surface area contributed by atoms with Gasteiger partial charge in [-0.1, -0.05) is 54.6 Å². The molecule has 0 unspecified atom stereocenters. The van der Waals surface area contributed by atoms with Gasteiger partial charge < -0.3 is 5.73 Å². The fourth-order valence-corrected chi connectivity index (χ4v) is 5.06. The number of carbonyl (C=O) groups excluding carboxylic acids is 2. The van der Waals surface area contributed by atoms with Crippen LogP contribution in [-0.2, 0) is 10.4 Å². The number of aromatic nitrogens is 4. The van der Waals surface area contributed by atoms with E-state index in [1.807, 2.05) is 65.0 Å². The molecule has 0 amide bonds. The molecule has 2 heterocycles. The first-order chi connectivity index (χ1) is 26.0. The van der Waals surface area contributed by atoms with Gasteiger partial charge in [0.15, 0.2) is 23.2 Å². The lowest BCUT2D eigenvalue weighted by atomic mass is 10.1. The third kappa shape index (κ3) is 15.1. The summed E-state index contributed by atoms with van der Waals surface area (Å²) in [4.78, 5) is 48.7. The number of carbonyl (C=O) groups is 2. The Bertz CT molecular complexity index is 2200. The van der Waals surface area contributed by atoms with Crippen molar-refractivity contribution >= 4 is 50.5 Å². The number of nitrogens with two attached hydrogens (primary N) is 1. The van der Waals surface area contributed by atoms with Crippen molar-refractivity contribution in [2.24, 2.45) is 9.98 Å². The van der Waals surface area contributed by atoms with Crippen LogP contribution < -0.4 is 5.73 Å². The summed E-state index contributed by atoms with van der Waals surface area (Å²) < 4.78 is 31.6. The van der Waals surface area contributed by atoms with Gasteiger partial charge in [0.1, 0.15) is 5.69 Å². The lowest BCUT2D eigenvalue weighted by Gasteiger charge is -2.09. The largest absolute Gasteiger partial charge is 0.398 e. The maximum Gasteiger partial charge on any atom is 0.394 e. The highest BCUT2D eigenvalue weighted by Gasteiger charge is 2.11. The summed E-state index contributed by atoms with van der Waals surface area (Å²) in [7, 11) is -4.67. The van der Waals surface area contributed by atoms with Crippen molar-refractivity contribution in [1.82, 2.24) is 19.9 Å². The molecule has 5 aromatic rings. The zero-order valence-electron chi connectivity index (χ0n) is 34.0. The van der Waals surface area contributed by atoms with E-state index in [1.165, 1.54) is 13.8 Å². The molecule has 0 saturated carbocycles. The molecule has 0 spiro atoms. The molecule has 56 heavy (non-hydrogen) atoms. The standard InChI is InChI=1S/C25H28N4.C9H10N2O2.C8H11N.H2O4S/c1-15-10-8-11-16(2)23(15)27-20(6)22-14-19(5)26-25(29-22)21(7)28-24-17(3)12-9-13-18(24)4;1-5-4-8(6(2)12)11-9(10-5)7(3)13;1-6-4-3-5-7(2)8(6)9;1-5(2,3)4/h8-14H,1-7H3;4H,1-3H3;3-5H,9H2,1-2H3;(H2,1,2,3,4). The van der Waals surface area contributed by atoms with Crippen molar-refractivity contribution in [3.8, 4) is 0 Å². The molecule has 5 rings (SSSR count). The van der Waals surface area contributed by atoms with Crippen molar-refractivity contribution in [3.05, 3.63) is 135 Å². The predicted octanol–water partition coefficient (Wildman–Crippen LogP) is 8.72. The van der Waals surface area contributed by atoms with E-state index < -0.39 is 10.4 Å². The summed E-state index contributed by atoms with van der Waals surface area (Å²) in [5, 5.41) is 0. The fourth-order valence-electron chi connectivity index (χ4n) is 5.06. The highest BCUT2D eigenvalue weighted by molar-refractivity contribution is 7.79. The number of hydrogen-bond acceptors (Lipinski definition) is 11. The fraction of sp³-hybridized carbons (Fsp3) is 0.286. The number of aliphatic imine (C=N–C) groups is 2. The first-order valence-corrected chi connectivity index (χ1v) is 18.9. The number of aryl methyl sites for hydroxylation is 8. The SMILES string of the molecule is CC(=Nc1c(C)cccc1C)c1cc(C)nc(C(C)=Nc2c(C)cccc2C)n1.CC(=O)c1cc(C)nc(C(C)=O)n1.Cc1cccc(C)c1N.O=S(=O)(O)O. The molecule has 0 bridgehead atoms. The Morgan fingerprint density at radius 3 is 1.25 bits per heavy atom. The average molecular weight is 782 g/mol. The summed E-state index contributed by atoms with van der Waals surface area (Å²) in [6.45, 7) is 22.8. The third-order valence-electron chi connectivity index (χ3n) is 8.06. The van der Waals surface area contributed by atoms with Crippen molar-refractivity contribution < 1.29 is 27.1 Å². The predicted molar refractivity (Wildman–Crippen MR) is 224 cm³/mol. The second-order valence-corrected chi connectivity index (χ2v) is 14.1. The molecule has 14 heteroatoms. The molecule has 3 aromatic carbocycles. The van der Waals surface area contributed by atoms with Crippen molar-refractivity contribution in [2.75, 3.05) is 5.73 Å². The summed E-state index contributed by atoms with van der Waals surface area (Å²) in [5.74, 6) is 0.350. The summed E-state index contributed by atoms with van der Waals surface area (Å²) in [5.41, 5.74) is 19.8. The van der Waals surface area contributed by atoms with Crippen molar-refractivity contribution in [1.29, 1.82) is 0 Å². The number of nitrogens with zero attached hydrogens (tertiary/aromatic N) is 6. The molecule has 0 radical (unpaired) electrons. The second-order valence-electron chi connectivity index (χ2n) is 13.2. The normalized spacial score (nSPS) is 11.2. The van der Waals surface area contributed by atoms with E-state index in [-0.39, 0.29) is 23.1 Å². The van der Waals surface area contributed by atoms with Crippen LogP contribution in [0.15, 0.2) is 76.7 Å². The number of nitrogen functional groups attached to an aromatic ring is 1. The Morgan fingerprint density at radius 2 is 0.875 bits per heavy atom. The van der Waals surface area contributed by atoms with Gasteiger partial charge in [0.25, 0.3) is 0 Å². The zero-order chi connectivity index (χ0) is 42.5. The van der Waals surface area contributed by atoms with Gasteiger partial charge in [0.05, 0.1) is 28.5 Å². The number of ketones is 2. The molecule has 296 valence electrons. The van der Waals surface area contributed by atoms with E-state index in [9.17, 15) is 9.59 Å². The van der Waals surface area contributed by atoms with Gasteiger partial charge in [0.2, 0.25) is 0 Å². The minimum Gasteiger partial charge on any atom is -0.398 e. The molecule has 0 saturated heterocycles. The molecule has 2 aromatic heterocycles. The molecule has 4 N–H and O–H groups in total. The summed E-state index contributed by atoms with van der Waals surface area (Å²) in [6, 6.07) is 22.0. The zero-order valence-corrected chi connectivity index (χ0v) is 34.9. The van der Waals surface area contributed by atoms with Gasteiger partial charge in [0, 0.05) is 30.9 Å². The Morgan fingerprint density at radius 1 is 0.536 bits per heavy atom. The van der Waals surface area contributed by atoms with Crippen LogP contribution in [0.25, 0.3) is 0 Å². The number of hydrogen-bond donors (Lipinski definition) is 3. The first-order valence-electron chi connectivity index (χ1n) is 17.5. The molecule has 0 aliphatic carbocycles. The average Bonchev–Trinajstić information content (AvgIpc) is 3.09. The van der Waals surface area contributed by atoms with E-state index in [2.05, 4.69) is 73.0 Å². The van der Waals surface area contributed by atoms with Crippen LogP contribution in [0.2, 0.25) is 0 Å². The minimum atomic E-state index is -4.67. The highest BCUT2D eigenvalue weighted by atomic mass is 32.3. The van der Waals surface area contributed by atoms with Gasteiger partial charge in [-0.05, 0) is 115 Å². The van der Waals surface area contributed by atoms with Gasteiger partial charge in [-0.15, -0.1) is 0 Å². The quantitative estimate of drug-likeness (QED) is 0.0641. The highest BCUT2D eigenvalue weighted by Crippen LogP contribution is 2.25. The number of rotatable bonds is 6. The molecule has 13 nitrogen and oxygen atoms in total. The lowest BCUT2D eigenvalue weighted by molar-refractivity contribution is 0.100. The number of benzene rings is 3. The van der Waals surface area contributed by atoms with E-state index in [0.29, 0.717) is 11.5 Å². The van der Waals surface area contributed by atoms with Gasteiger partial charge >= 0.3 is 10.4 Å². The van der Waals surface area contributed by atoms with Crippen LogP contribution in [0.1, 0.15) is 105 Å². The van der Waals surface area contributed by atoms with Crippen LogP contribution in [-0.4, -0.2) is 60.4 Å². The Labute approximate surface area is 329 Å². The summed E-state index contributed by atoms with van der Waals surface area (Å²) in [6.07, 6.45) is 0. The van der Waals surface area contributed by atoms with E-state index in [4.69, 9.17) is 38.2 Å². The number of anilines is 1. The minimum absolute atomic E-state index is 0.102. The van der Waals surface area contributed by atoms with Crippen LogP contribution in [0, 0.1) is 55.4 Å². The van der Waals surface area contributed by atoms with E-state index >= 15 is 0 Å². The van der Waals surface area contributed by atoms with Crippen LogP contribution in [0.4, 0.5) is 17.1 Å². The van der Waals surface area contributed by atoms with E-state index in [0.717, 1.165) is 73.3 Å². The van der Waals surface area contributed by atoms with Crippen LogP contribution in [0.3, 0.4) is 0 Å². The Kier molecular flexibility index (Phi) is 17.2. The molecule has 0 aliphatic heterocycles. The smallest absolute Gasteiger partial charge is 0.394 e. The van der Waals surface area contributed by atoms with Crippen molar-refractivity contribution in [3.63, 3.8) is 0 Å². The Hall–Kier alpha value is -5.83. The Balaban J connectivity index is 0.000000327. The second kappa shape index (κ2) is 20.7.